The molecular formula is C60H73ClN16O13S2. The molecule has 5 aromatic rings. The number of hydrogen-bond acceptors (Lipinski definition) is 17. The smallest absolute Gasteiger partial charge is 0.322 e. The van der Waals surface area contributed by atoms with Gasteiger partial charge in [0.2, 0.25) is 59.1 Å². The monoisotopic (exact) mass is 1320 g/mol. The number of halogens is 1. The number of anilines is 2. The average Bonchev–Trinajstić information content (AvgIpc) is 1.63. The predicted molar refractivity (Wildman–Crippen MR) is 345 cm³/mol. The Balaban J connectivity index is 1.22. The molecule has 7 rings (SSSR count). The zero-order valence-corrected chi connectivity index (χ0v) is 52.1. The number of hydrogen-bond donors (Lipinski definition) is 17. The molecule has 0 spiro atoms. The van der Waals surface area contributed by atoms with Crippen LogP contribution in [0.3, 0.4) is 0 Å². The summed E-state index contributed by atoms with van der Waals surface area (Å²) in [4.78, 5) is 167. The summed E-state index contributed by atoms with van der Waals surface area (Å²) in [5, 5.41) is 40.4. The fraction of sp³-hybridized carbons (Fsp3) is 0.367. The fourth-order valence-electron chi connectivity index (χ4n) is 9.84. The lowest BCUT2D eigenvalue weighted by atomic mass is 10.0. The number of para-hydroxylation sites is 1. The molecule has 490 valence electrons. The zero-order valence-electron chi connectivity index (χ0n) is 49.7. The molecule has 3 heterocycles. The Hall–Kier alpha value is -9.27. The van der Waals surface area contributed by atoms with E-state index in [1.54, 1.807) is 66.9 Å². The third kappa shape index (κ3) is 20.9. The number of aliphatic hydroxyl groups excluding tert-OH is 1. The van der Waals surface area contributed by atoms with Crippen LogP contribution in [-0.4, -0.2) is 160 Å². The van der Waals surface area contributed by atoms with Gasteiger partial charge in [0.05, 0.1) is 18.6 Å². The molecule has 0 aliphatic carbocycles. The predicted octanol–water partition coefficient (Wildman–Crippen LogP) is -0.770. The van der Waals surface area contributed by atoms with Crippen molar-refractivity contribution in [3.8, 4) is 0 Å². The van der Waals surface area contributed by atoms with E-state index in [4.69, 9.17) is 34.5 Å². The van der Waals surface area contributed by atoms with Gasteiger partial charge in [-0.15, -0.1) is 0 Å². The van der Waals surface area contributed by atoms with Crippen molar-refractivity contribution < 1.29 is 62.6 Å². The molecule has 2 aliphatic rings. The van der Waals surface area contributed by atoms with E-state index in [1.165, 1.54) is 43.3 Å². The van der Waals surface area contributed by atoms with E-state index < -0.39 is 132 Å². The number of carbonyl (C=O) groups excluding carboxylic acids is 12. The lowest BCUT2D eigenvalue weighted by Crippen LogP contribution is -2.62. The zero-order chi connectivity index (χ0) is 66.6. The number of H-pyrrole nitrogens is 1. The van der Waals surface area contributed by atoms with Crippen LogP contribution in [-0.2, 0) is 73.6 Å². The van der Waals surface area contributed by atoms with Gasteiger partial charge < -0.3 is 86.2 Å². The summed E-state index contributed by atoms with van der Waals surface area (Å²) >= 11 is 6.11. The second-order valence-electron chi connectivity index (χ2n) is 21.9. The van der Waals surface area contributed by atoms with E-state index in [9.17, 15) is 57.8 Å². The molecule has 10 atom stereocenters. The minimum absolute atomic E-state index is 0.00348. The first-order chi connectivity index (χ1) is 43.9. The molecule has 92 heavy (non-hydrogen) atoms. The van der Waals surface area contributed by atoms with Crippen LogP contribution in [0.4, 0.5) is 21.0 Å². The van der Waals surface area contributed by atoms with Crippen molar-refractivity contribution in [1.82, 2.24) is 52.8 Å². The molecule has 2 fully saturated rings. The Labute approximate surface area is 540 Å². The van der Waals surface area contributed by atoms with Crippen molar-refractivity contribution >= 4 is 127 Å². The highest BCUT2D eigenvalue weighted by atomic mass is 35.5. The number of aliphatic hydroxyl groups is 1. The van der Waals surface area contributed by atoms with Crippen LogP contribution < -0.4 is 81.4 Å². The first-order valence-corrected chi connectivity index (χ1v) is 32.0. The highest BCUT2D eigenvalue weighted by molar-refractivity contribution is 8.76. The SMILES string of the molecule is C[C@@H](O)[C@@H]1NC(=O)[C@H](CCCCN)NC(=O)[C@@H](Cc2c[nH]c3ccccc23)NC(=O)[C@H](Cc2ccc(NC(N)=O)cc2)NC(=O)[C@H](NC(=O)[C@@H](N)Cc2ccc(Cl)cc2)CSSC[C@@H](C(=O)N[C@@H](Cc2ccc(NC(=O)[C@@H]3CC(=O)NC(=O)N3)cc2)C(N)=O)NC1=O. The maximum Gasteiger partial charge on any atom is 0.322 e. The summed E-state index contributed by atoms with van der Waals surface area (Å²) in [7, 11) is 1.85. The van der Waals surface area contributed by atoms with Gasteiger partial charge >= 0.3 is 12.1 Å². The van der Waals surface area contributed by atoms with Crippen molar-refractivity contribution in [2.75, 3.05) is 28.7 Å². The quantitative estimate of drug-likeness (QED) is 0.0317. The highest BCUT2D eigenvalue weighted by Gasteiger charge is 2.37. The largest absolute Gasteiger partial charge is 0.391 e. The third-order valence-corrected chi connectivity index (χ3v) is 17.5. The van der Waals surface area contributed by atoms with Crippen molar-refractivity contribution in [1.29, 1.82) is 0 Å². The van der Waals surface area contributed by atoms with Crippen LogP contribution in [0, 0.1) is 0 Å². The number of primary amides is 2. The van der Waals surface area contributed by atoms with E-state index in [0.29, 0.717) is 50.3 Å². The molecule has 14 amide bonds. The number of amides is 14. The molecule has 29 nitrogen and oxygen atoms in total. The summed E-state index contributed by atoms with van der Waals surface area (Å²) in [5.41, 5.74) is 26.8. The normalized spacial score (nSPS) is 21.4. The molecule has 0 radical (unpaired) electrons. The summed E-state index contributed by atoms with van der Waals surface area (Å²) in [6.07, 6.45) is -0.338. The van der Waals surface area contributed by atoms with Crippen molar-refractivity contribution in [3.63, 3.8) is 0 Å². The number of fused-ring (bicyclic) bond motifs is 1. The van der Waals surface area contributed by atoms with Crippen LogP contribution in [0.15, 0.2) is 103 Å². The van der Waals surface area contributed by atoms with Gasteiger partial charge in [-0.05, 0) is 104 Å². The Morgan fingerprint density at radius 3 is 1.90 bits per heavy atom. The van der Waals surface area contributed by atoms with E-state index >= 15 is 4.79 Å². The molecule has 4 aromatic carbocycles. The Bertz CT molecular complexity index is 3490. The Morgan fingerprint density at radius 1 is 0.652 bits per heavy atom. The van der Waals surface area contributed by atoms with E-state index in [1.807, 2.05) is 5.32 Å². The van der Waals surface area contributed by atoms with Crippen molar-refractivity contribution in [2.24, 2.45) is 22.9 Å². The molecule has 2 saturated heterocycles. The van der Waals surface area contributed by atoms with Gasteiger partial charge in [-0.1, -0.05) is 87.8 Å². The number of urea groups is 2. The highest BCUT2D eigenvalue weighted by Crippen LogP contribution is 2.25. The second kappa shape index (κ2) is 33.7. The van der Waals surface area contributed by atoms with Crippen LogP contribution in [0.25, 0.3) is 10.9 Å². The first kappa shape index (κ1) is 70.2. The van der Waals surface area contributed by atoms with Crippen LogP contribution >= 0.6 is 33.2 Å². The third-order valence-electron chi connectivity index (χ3n) is 14.8. The molecule has 2 aliphatic heterocycles. The number of aromatic nitrogens is 1. The number of carbonyl (C=O) groups is 12. The number of unbranched alkanes of at least 4 members (excludes halogenated alkanes) is 1. The minimum atomic E-state index is -1.80. The number of nitrogens with two attached hydrogens (primary N) is 4. The van der Waals surface area contributed by atoms with Gasteiger partial charge in [-0.3, -0.25) is 53.3 Å². The summed E-state index contributed by atoms with van der Waals surface area (Å²) < 4.78 is 0. The second-order valence-corrected chi connectivity index (χ2v) is 24.9. The minimum Gasteiger partial charge on any atom is -0.391 e. The van der Waals surface area contributed by atoms with Gasteiger partial charge in [-0.25, -0.2) is 9.59 Å². The van der Waals surface area contributed by atoms with E-state index in [2.05, 4.69) is 58.2 Å². The molecule has 0 saturated carbocycles. The van der Waals surface area contributed by atoms with Gasteiger partial charge in [0.1, 0.15) is 48.3 Å². The number of nitrogens with one attached hydrogen (secondary N) is 12. The molecule has 21 N–H and O–H groups in total. The van der Waals surface area contributed by atoms with Crippen molar-refractivity contribution in [3.05, 3.63) is 131 Å². The number of imide groups is 1. The maximum atomic E-state index is 15.0. The van der Waals surface area contributed by atoms with Crippen LogP contribution in [0.2, 0.25) is 5.02 Å². The Kier molecular flexibility index (Phi) is 25.7. The van der Waals surface area contributed by atoms with Gasteiger partial charge in [0, 0.05) is 64.3 Å². The molecular weight excluding hydrogens is 1250 g/mol. The first-order valence-electron chi connectivity index (χ1n) is 29.2. The summed E-state index contributed by atoms with van der Waals surface area (Å²) in [6, 6.07) is 11.0. The standard InChI is InChI=1S/C60H73ClN16O13S2/c1-30(78)49-58(88)74-47(56(86)70-42(50(64)80)23-32-11-17-36(18-12-32)67-53(83)45-26-48(79)76-60(90)75-45)29-92-91-28-46(73-51(81)39(63)22-31-9-15-35(61)16-10-31)57(87)71-43(24-33-13-19-37(20-14-33)68-59(65)89)54(84)72-44(25-34-27-66-40-7-3-2-6-38(34)40)55(85)69-41(52(82)77-49)8-4-5-21-62/h2-3,6-7,9-20,27,30,39,41-47,49,66,78H,4-5,8,21-26,28-29,62-63H2,1H3,(H2,64,80)(H,67,83)(H,69,85)(H,70,86)(H,71,87)(H,72,84)(H,73,81)(H,74,88)(H,77,82)(H3,65,68,89)(H2,75,76,79,90)/t30-,39+,41+,42+,43+,44-,45+,46-,47+,49+/m1/s1. The van der Waals surface area contributed by atoms with Crippen LogP contribution in [0.1, 0.15) is 54.9 Å². The van der Waals surface area contributed by atoms with Gasteiger partial charge in [0.15, 0.2) is 0 Å². The van der Waals surface area contributed by atoms with E-state index in [-0.39, 0.29) is 68.7 Å². The lowest BCUT2D eigenvalue weighted by molar-refractivity contribution is -0.136. The maximum absolute atomic E-state index is 15.0. The molecule has 32 heteroatoms. The fourth-order valence-corrected chi connectivity index (χ4v) is 12.3. The number of aromatic amines is 1. The summed E-state index contributed by atoms with van der Waals surface area (Å²) in [5.74, 6) is -9.45. The number of rotatable bonds is 21. The summed E-state index contributed by atoms with van der Waals surface area (Å²) in [6.45, 7) is 1.40. The van der Waals surface area contributed by atoms with Crippen LogP contribution in [0.5, 0.6) is 0 Å². The average molecular weight is 1330 g/mol. The molecule has 1 aromatic heterocycles. The van der Waals surface area contributed by atoms with E-state index in [0.717, 1.165) is 21.6 Å². The Morgan fingerprint density at radius 2 is 1.25 bits per heavy atom. The van der Waals surface area contributed by atoms with Gasteiger partial charge in [0.25, 0.3) is 0 Å². The topological polar surface area (TPSA) is 477 Å². The molecule has 0 bridgehead atoms. The van der Waals surface area contributed by atoms with Gasteiger partial charge in [-0.2, -0.15) is 0 Å². The lowest BCUT2D eigenvalue weighted by Gasteiger charge is -2.29. The number of benzene rings is 4. The molecule has 0 unspecified atom stereocenters. The van der Waals surface area contributed by atoms with Crippen molar-refractivity contribution in [2.45, 2.75) is 119 Å².